The minimum absolute atomic E-state index is 0.0271. The summed E-state index contributed by atoms with van der Waals surface area (Å²) in [6.45, 7) is 5.98. The normalized spacial score (nSPS) is 15.5. The molecular weight excluding hydrogens is 168 g/mol. The summed E-state index contributed by atoms with van der Waals surface area (Å²) in [6.07, 6.45) is 0. The van der Waals surface area contributed by atoms with Crippen molar-refractivity contribution < 1.29 is 9.90 Å². The molecule has 78 valence electrons. The van der Waals surface area contributed by atoms with Crippen LogP contribution in [0.2, 0.25) is 0 Å². The third-order valence-electron chi connectivity index (χ3n) is 2.13. The van der Waals surface area contributed by atoms with Gasteiger partial charge in [-0.25, -0.2) is 0 Å². The zero-order chi connectivity index (χ0) is 10.4. The molecule has 1 amide bonds. The first-order chi connectivity index (χ1) is 6.02. The molecule has 0 fully saturated rings. The number of nitrogens with one attached hydrogen (secondary N) is 1. The summed E-state index contributed by atoms with van der Waals surface area (Å²) in [6, 6.07) is -0.165. The van der Waals surface area contributed by atoms with Gasteiger partial charge >= 0.3 is 0 Å². The highest BCUT2D eigenvalue weighted by Crippen LogP contribution is 2.02. The van der Waals surface area contributed by atoms with Gasteiger partial charge in [0, 0.05) is 12.5 Å². The zero-order valence-corrected chi connectivity index (χ0v) is 8.58. The summed E-state index contributed by atoms with van der Waals surface area (Å²) in [4.78, 5) is 11.3. The minimum atomic E-state index is -0.187. The van der Waals surface area contributed by atoms with Gasteiger partial charge in [-0.3, -0.25) is 4.79 Å². The minimum Gasteiger partial charge on any atom is -0.394 e. The summed E-state index contributed by atoms with van der Waals surface area (Å²) >= 11 is 0. The number of rotatable bonds is 5. The molecule has 0 heterocycles. The van der Waals surface area contributed by atoms with E-state index in [9.17, 15) is 4.79 Å². The summed E-state index contributed by atoms with van der Waals surface area (Å²) < 4.78 is 0. The first-order valence-corrected chi connectivity index (χ1v) is 4.64. The Morgan fingerprint density at radius 1 is 1.46 bits per heavy atom. The first-order valence-electron chi connectivity index (χ1n) is 4.64. The highest BCUT2D eigenvalue weighted by Gasteiger charge is 2.18. The van der Waals surface area contributed by atoms with Crippen LogP contribution in [0, 0.1) is 11.8 Å². The fraction of sp³-hybridized carbons (Fsp3) is 0.889. The molecule has 13 heavy (non-hydrogen) atoms. The maximum Gasteiger partial charge on any atom is 0.224 e. The molecule has 0 bridgehead atoms. The van der Waals surface area contributed by atoms with Crippen LogP contribution in [0.5, 0.6) is 0 Å². The largest absolute Gasteiger partial charge is 0.394 e. The van der Waals surface area contributed by atoms with Crippen LogP contribution in [0.15, 0.2) is 0 Å². The Kier molecular flexibility index (Phi) is 5.66. The Morgan fingerprint density at radius 2 is 2.00 bits per heavy atom. The number of carbonyl (C=O) groups is 1. The number of hydrogen-bond acceptors (Lipinski definition) is 3. The van der Waals surface area contributed by atoms with Gasteiger partial charge in [0.2, 0.25) is 5.91 Å². The number of carbonyl (C=O) groups excluding carboxylic acids is 1. The highest BCUT2D eigenvalue weighted by atomic mass is 16.3. The SMILES string of the molecule is CC(CN)C(=O)NC(CO)C(C)C. The number of aliphatic hydroxyl groups is 1. The van der Waals surface area contributed by atoms with Crippen molar-refractivity contribution in [1.82, 2.24) is 5.32 Å². The van der Waals surface area contributed by atoms with Crippen molar-refractivity contribution in [3.05, 3.63) is 0 Å². The standard InChI is InChI=1S/C9H20N2O2/c1-6(2)8(5-12)11-9(13)7(3)4-10/h6-8,12H,4-5,10H2,1-3H3,(H,11,13). The Hall–Kier alpha value is -0.610. The summed E-state index contributed by atoms with van der Waals surface area (Å²) in [7, 11) is 0. The van der Waals surface area contributed by atoms with Gasteiger partial charge in [-0.1, -0.05) is 20.8 Å². The van der Waals surface area contributed by atoms with Gasteiger partial charge in [-0.2, -0.15) is 0 Å². The molecule has 0 saturated carbocycles. The molecule has 0 aliphatic carbocycles. The molecule has 0 radical (unpaired) electrons. The third kappa shape index (κ3) is 4.24. The monoisotopic (exact) mass is 188 g/mol. The Morgan fingerprint density at radius 3 is 2.31 bits per heavy atom. The van der Waals surface area contributed by atoms with Gasteiger partial charge in [0.25, 0.3) is 0 Å². The highest BCUT2D eigenvalue weighted by molar-refractivity contribution is 5.78. The van der Waals surface area contributed by atoms with Crippen molar-refractivity contribution in [3.63, 3.8) is 0 Å². The first kappa shape index (κ1) is 12.4. The Balaban J connectivity index is 4.01. The van der Waals surface area contributed by atoms with Gasteiger partial charge in [0.1, 0.15) is 0 Å². The summed E-state index contributed by atoms with van der Waals surface area (Å²) in [5.41, 5.74) is 5.34. The van der Waals surface area contributed by atoms with E-state index in [1.807, 2.05) is 13.8 Å². The molecular formula is C9H20N2O2. The molecule has 4 heteroatoms. The van der Waals surface area contributed by atoms with Crippen LogP contribution in [0.4, 0.5) is 0 Å². The van der Waals surface area contributed by atoms with E-state index in [1.165, 1.54) is 0 Å². The van der Waals surface area contributed by atoms with E-state index in [1.54, 1.807) is 6.92 Å². The van der Waals surface area contributed by atoms with Crippen LogP contribution in [0.25, 0.3) is 0 Å². The lowest BCUT2D eigenvalue weighted by Crippen LogP contribution is -2.44. The van der Waals surface area contributed by atoms with E-state index in [-0.39, 0.29) is 30.4 Å². The van der Waals surface area contributed by atoms with Crippen molar-refractivity contribution in [3.8, 4) is 0 Å². The maximum absolute atomic E-state index is 11.3. The molecule has 0 rings (SSSR count). The van der Waals surface area contributed by atoms with Gasteiger partial charge in [-0.05, 0) is 5.92 Å². The second-order valence-corrected chi connectivity index (χ2v) is 3.68. The average Bonchev–Trinajstić information content (AvgIpc) is 2.11. The quantitative estimate of drug-likeness (QED) is 0.555. The fourth-order valence-electron chi connectivity index (χ4n) is 0.855. The van der Waals surface area contributed by atoms with E-state index in [0.29, 0.717) is 6.54 Å². The molecule has 0 aliphatic heterocycles. The molecule has 2 unspecified atom stereocenters. The Labute approximate surface area is 79.5 Å². The van der Waals surface area contributed by atoms with Crippen molar-refractivity contribution in [2.24, 2.45) is 17.6 Å². The van der Waals surface area contributed by atoms with Crippen LogP contribution in [0.3, 0.4) is 0 Å². The number of amides is 1. The van der Waals surface area contributed by atoms with Gasteiger partial charge in [0.05, 0.1) is 12.6 Å². The summed E-state index contributed by atoms with van der Waals surface area (Å²) in [5.74, 6) is -0.0398. The number of aliphatic hydroxyl groups excluding tert-OH is 1. The molecule has 4 nitrogen and oxygen atoms in total. The van der Waals surface area contributed by atoms with Gasteiger partial charge in [-0.15, -0.1) is 0 Å². The maximum atomic E-state index is 11.3. The number of hydrogen-bond donors (Lipinski definition) is 3. The van der Waals surface area contributed by atoms with Crippen LogP contribution in [0.1, 0.15) is 20.8 Å². The van der Waals surface area contributed by atoms with E-state index >= 15 is 0 Å². The van der Waals surface area contributed by atoms with E-state index in [4.69, 9.17) is 10.8 Å². The van der Waals surface area contributed by atoms with E-state index in [2.05, 4.69) is 5.32 Å². The van der Waals surface area contributed by atoms with Crippen molar-refractivity contribution in [2.45, 2.75) is 26.8 Å². The second-order valence-electron chi connectivity index (χ2n) is 3.68. The Bertz CT molecular complexity index is 160. The van der Waals surface area contributed by atoms with Crippen molar-refractivity contribution in [2.75, 3.05) is 13.2 Å². The van der Waals surface area contributed by atoms with Crippen molar-refractivity contribution >= 4 is 5.91 Å². The van der Waals surface area contributed by atoms with Crippen LogP contribution in [-0.2, 0) is 4.79 Å². The molecule has 0 spiro atoms. The molecule has 0 aromatic carbocycles. The molecule has 0 aromatic heterocycles. The summed E-state index contributed by atoms with van der Waals surface area (Å²) in [5, 5.41) is 11.7. The fourth-order valence-corrected chi connectivity index (χ4v) is 0.855. The van der Waals surface area contributed by atoms with Crippen molar-refractivity contribution in [1.29, 1.82) is 0 Å². The van der Waals surface area contributed by atoms with Crippen LogP contribution in [-0.4, -0.2) is 30.2 Å². The smallest absolute Gasteiger partial charge is 0.224 e. The van der Waals surface area contributed by atoms with Crippen LogP contribution < -0.4 is 11.1 Å². The molecule has 0 saturated heterocycles. The topological polar surface area (TPSA) is 75.4 Å². The predicted octanol–water partition coefficient (Wildman–Crippen LogP) is -0.286. The van der Waals surface area contributed by atoms with Crippen LogP contribution >= 0.6 is 0 Å². The van der Waals surface area contributed by atoms with Gasteiger partial charge < -0.3 is 16.2 Å². The third-order valence-corrected chi connectivity index (χ3v) is 2.13. The lowest BCUT2D eigenvalue weighted by atomic mass is 10.0. The lowest BCUT2D eigenvalue weighted by molar-refractivity contribution is -0.125. The molecule has 2 atom stereocenters. The van der Waals surface area contributed by atoms with Gasteiger partial charge in [0.15, 0.2) is 0 Å². The molecule has 0 aromatic rings. The molecule has 0 aliphatic rings. The van der Waals surface area contributed by atoms with E-state index in [0.717, 1.165) is 0 Å². The lowest BCUT2D eigenvalue weighted by Gasteiger charge is -2.21. The average molecular weight is 188 g/mol. The van der Waals surface area contributed by atoms with E-state index < -0.39 is 0 Å². The number of nitrogens with two attached hydrogens (primary N) is 1. The predicted molar refractivity (Wildman–Crippen MR) is 52.1 cm³/mol. The second kappa shape index (κ2) is 5.94. The molecule has 4 N–H and O–H groups in total. The zero-order valence-electron chi connectivity index (χ0n) is 8.58.